The zero-order valence-corrected chi connectivity index (χ0v) is 23.4. The van der Waals surface area contributed by atoms with Gasteiger partial charge in [-0.2, -0.15) is 0 Å². The van der Waals surface area contributed by atoms with Gasteiger partial charge in [-0.1, -0.05) is 31.5 Å². The number of ketones is 1. The summed E-state index contributed by atoms with van der Waals surface area (Å²) in [5, 5.41) is 12.5. The molecule has 4 aliphatic carbocycles. The van der Waals surface area contributed by atoms with Crippen LogP contribution in [0.4, 0.5) is 13.2 Å². The topological polar surface area (TPSA) is 80.7 Å². The van der Waals surface area contributed by atoms with E-state index >= 15 is 8.78 Å². The number of thiophene rings is 1. The van der Waals surface area contributed by atoms with E-state index in [0.29, 0.717) is 11.8 Å². The lowest BCUT2D eigenvalue weighted by Crippen LogP contribution is -2.70. The first-order valence-corrected chi connectivity index (χ1v) is 14.7. The Bertz CT molecular complexity index is 1270. The molecule has 0 aliphatic heterocycles. The predicted octanol–water partition coefficient (Wildman–Crippen LogP) is 6.05. The maximum atomic E-state index is 17.4. The zero-order valence-electron chi connectivity index (χ0n) is 21.0. The molecule has 5 nitrogen and oxygen atoms in total. The van der Waals surface area contributed by atoms with E-state index < -0.39 is 75.0 Å². The van der Waals surface area contributed by atoms with E-state index in [1.54, 1.807) is 19.2 Å². The molecule has 9 atom stereocenters. The minimum atomic E-state index is -2.35. The molecule has 0 amide bonds. The molecule has 3 fully saturated rings. The van der Waals surface area contributed by atoms with Gasteiger partial charge in [0.15, 0.2) is 17.1 Å². The molecular formula is C27H28ClF3O5S2. The van der Waals surface area contributed by atoms with E-state index in [0.717, 1.165) is 17.4 Å². The van der Waals surface area contributed by atoms with Crippen LogP contribution in [-0.2, 0) is 14.3 Å². The summed E-state index contributed by atoms with van der Waals surface area (Å²) < 4.78 is 52.6. The number of fused-ring (bicyclic) bond motifs is 5. The van der Waals surface area contributed by atoms with Crippen molar-refractivity contribution in [2.75, 3.05) is 6.01 Å². The molecule has 5 rings (SSSR count). The average molecular weight is 589 g/mol. The number of alkyl halides is 3. The van der Waals surface area contributed by atoms with Gasteiger partial charge in [0.1, 0.15) is 17.1 Å². The van der Waals surface area contributed by atoms with Crippen molar-refractivity contribution in [3.63, 3.8) is 0 Å². The highest BCUT2D eigenvalue weighted by atomic mass is 35.5. The molecule has 4 aliphatic rings. The monoisotopic (exact) mass is 588 g/mol. The van der Waals surface area contributed by atoms with Crippen LogP contribution in [0.2, 0.25) is 5.02 Å². The Kier molecular flexibility index (Phi) is 6.77. The standard InChI is InChI=1S/C27H28ClF3O5S2/c1-13-8-15-16-10-19(30)17-9-14(32)4-6-24(17,2)26(16,31)20(33)11-25(15,3)27(13,23(35)38-12-29)36-22(34)21-18(28)5-7-37-21/h4-7,9,13,15-16,19-20,33H,8,10-12H2,1-3H3/t13-,15+,16+,19+,20+,24+,25+,26+,27+/m1/s1. The highest BCUT2D eigenvalue weighted by Crippen LogP contribution is 2.72. The Hall–Kier alpha value is -1.62. The second-order valence-corrected chi connectivity index (χ2v) is 13.5. The van der Waals surface area contributed by atoms with Crippen LogP contribution in [0, 0.1) is 28.6 Å². The molecule has 0 unspecified atom stereocenters. The third-order valence-corrected chi connectivity index (χ3v) is 11.7. The lowest BCUT2D eigenvalue weighted by atomic mass is 9.44. The minimum absolute atomic E-state index is 0.00784. The smallest absolute Gasteiger partial charge is 0.350 e. The van der Waals surface area contributed by atoms with Crippen LogP contribution in [-0.4, -0.2) is 51.5 Å². The summed E-state index contributed by atoms with van der Waals surface area (Å²) in [5.74, 6) is -3.76. The van der Waals surface area contributed by atoms with Gasteiger partial charge < -0.3 is 9.84 Å². The predicted molar refractivity (Wildman–Crippen MR) is 139 cm³/mol. The van der Waals surface area contributed by atoms with E-state index in [1.807, 2.05) is 0 Å². The normalized spacial score (nSPS) is 43.6. The molecule has 1 aromatic rings. The number of thioether (sulfide) groups is 1. The first-order chi connectivity index (χ1) is 17.8. The molecule has 0 aromatic carbocycles. The number of carbonyl (C=O) groups excluding carboxylic acids is 3. The maximum absolute atomic E-state index is 17.4. The van der Waals surface area contributed by atoms with Gasteiger partial charge in [0.2, 0.25) is 5.12 Å². The second-order valence-electron chi connectivity index (χ2n) is 11.3. The van der Waals surface area contributed by atoms with Crippen molar-refractivity contribution in [2.24, 2.45) is 28.6 Å². The van der Waals surface area contributed by atoms with Gasteiger partial charge in [-0.15, -0.1) is 11.3 Å². The van der Waals surface area contributed by atoms with Crippen LogP contribution in [0.1, 0.15) is 49.7 Å². The number of aliphatic hydroxyl groups is 1. The third-order valence-electron chi connectivity index (χ3n) is 9.71. The quantitative estimate of drug-likeness (QED) is 0.432. The van der Waals surface area contributed by atoms with Gasteiger partial charge in [-0.05, 0) is 73.0 Å². The Balaban J connectivity index is 1.64. The van der Waals surface area contributed by atoms with Crippen LogP contribution in [0.3, 0.4) is 0 Å². The summed E-state index contributed by atoms with van der Waals surface area (Å²) in [6.07, 6.45) is -0.114. The molecule has 1 N–H and O–H groups in total. The molecule has 38 heavy (non-hydrogen) atoms. The van der Waals surface area contributed by atoms with Crippen molar-refractivity contribution in [2.45, 2.75) is 63.6 Å². The molecule has 0 spiro atoms. The zero-order chi connectivity index (χ0) is 27.8. The van der Waals surface area contributed by atoms with Crippen molar-refractivity contribution in [3.05, 3.63) is 45.1 Å². The summed E-state index contributed by atoms with van der Waals surface area (Å²) in [5.41, 5.74) is -7.20. The maximum Gasteiger partial charge on any atom is 0.350 e. The van der Waals surface area contributed by atoms with Gasteiger partial charge in [0.05, 0.1) is 11.1 Å². The van der Waals surface area contributed by atoms with Crippen molar-refractivity contribution in [1.29, 1.82) is 0 Å². The number of halogens is 4. The molecule has 0 radical (unpaired) electrons. The Labute approximate surface area is 231 Å². The highest BCUT2D eigenvalue weighted by molar-refractivity contribution is 8.13. The van der Waals surface area contributed by atoms with Crippen LogP contribution >= 0.6 is 34.7 Å². The van der Waals surface area contributed by atoms with Crippen LogP contribution in [0.5, 0.6) is 0 Å². The largest absolute Gasteiger partial charge is 0.445 e. The van der Waals surface area contributed by atoms with Gasteiger partial charge in [-0.25, -0.2) is 18.0 Å². The minimum Gasteiger partial charge on any atom is -0.445 e. The summed E-state index contributed by atoms with van der Waals surface area (Å²) in [6, 6.07) is 0.442. The Morgan fingerprint density at radius 3 is 2.63 bits per heavy atom. The van der Waals surface area contributed by atoms with Gasteiger partial charge in [-0.3, -0.25) is 9.59 Å². The SMILES string of the molecule is C[C@@H]1C[C@H]2[C@@H]3C[C@H](F)C4=CC(=O)C=C[C@]4(C)[C@@]3(F)[C@@H](O)C[C@]2(C)[C@@]1(OC(=O)c1sccc1Cl)C(=O)SCF. The number of hydrogen-bond donors (Lipinski definition) is 1. The summed E-state index contributed by atoms with van der Waals surface area (Å²) in [4.78, 5) is 39.1. The number of ether oxygens (including phenoxy) is 1. The Morgan fingerprint density at radius 1 is 1.29 bits per heavy atom. The molecule has 0 saturated heterocycles. The summed E-state index contributed by atoms with van der Waals surface area (Å²) in [7, 11) is 0. The Morgan fingerprint density at radius 2 is 2.00 bits per heavy atom. The van der Waals surface area contributed by atoms with Gasteiger partial charge >= 0.3 is 5.97 Å². The van der Waals surface area contributed by atoms with E-state index in [4.69, 9.17) is 16.3 Å². The first kappa shape index (κ1) is 27.9. The first-order valence-electron chi connectivity index (χ1n) is 12.4. The number of carbonyl (C=O) groups is 3. The number of aliphatic hydroxyl groups excluding tert-OH is 1. The van der Waals surface area contributed by atoms with E-state index in [9.17, 15) is 23.9 Å². The fraction of sp³-hybridized carbons (Fsp3) is 0.593. The van der Waals surface area contributed by atoms with Crippen LogP contribution < -0.4 is 0 Å². The van der Waals surface area contributed by atoms with Crippen molar-refractivity contribution in [3.8, 4) is 0 Å². The number of rotatable bonds is 4. The molecule has 1 heterocycles. The molecule has 0 bridgehead atoms. The second kappa shape index (κ2) is 9.21. The van der Waals surface area contributed by atoms with Crippen LogP contribution in [0.15, 0.2) is 35.2 Å². The molecule has 206 valence electrons. The van der Waals surface area contributed by atoms with Gasteiger partial charge in [0, 0.05) is 22.7 Å². The van der Waals surface area contributed by atoms with Crippen molar-refractivity contribution >= 4 is 51.6 Å². The average Bonchev–Trinajstić information content (AvgIpc) is 3.37. The van der Waals surface area contributed by atoms with Crippen molar-refractivity contribution < 1.29 is 37.4 Å². The summed E-state index contributed by atoms with van der Waals surface area (Å²) >= 11 is 7.53. The lowest BCUT2D eigenvalue weighted by molar-refractivity contribution is -0.221. The van der Waals surface area contributed by atoms with Crippen molar-refractivity contribution in [1.82, 2.24) is 0 Å². The summed E-state index contributed by atoms with van der Waals surface area (Å²) in [6.45, 7) is 4.81. The highest BCUT2D eigenvalue weighted by Gasteiger charge is 2.78. The molecule has 3 saturated carbocycles. The lowest BCUT2D eigenvalue weighted by Gasteiger charge is -2.63. The van der Waals surface area contributed by atoms with Crippen LogP contribution in [0.25, 0.3) is 0 Å². The van der Waals surface area contributed by atoms with Gasteiger partial charge in [0.25, 0.3) is 0 Å². The fourth-order valence-electron chi connectivity index (χ4n) is 8.01. The number of hydrogen-bond acceptors (Lipinski definition) is 7. The molecule has 1 aromatic heterocycles. The van der Waals surface area contributed by atoms with E-state index in [-0.39, 0.29) is 34.7 Å². The van der Waals surface area contributed by atoms with E-state index in [1.165, 1.54) is 25.1 Å². The number of allylic oxidation sites excluding steroid dienone is 4. The number of esters is 1. The molecular weight excluding hydrogens is 561 g/mol. The fourth-order valence-corrected chi connectivity index (χ4v) is 9.80. The van der Waals surface area contributed by atoms with E-state index in [2.05, 4.69) is 0 Å². The third kappa shape index (κ3) is 3.45. The molecule has 11 heteroatoms.